The van der Waals surface area contributed by atoms with Gasteiger partial charge in [-0.15, -0.1) is 10.2 Å². The zero-order valence-corrected chi connectivity index (χ0v) is 18.6. The van der Waals surface area contributed by atoms with E-state index in [1.54, 1.807) is 42.5 Å². The normalized spacial score (nSPS) is 11.8. The van der Waals surface area contributed by atoms with Gasteiger partial charge in [-0.05, 0) is 42.8 Å². The number of nitro groups is 1. The molecular weight excluding hydrogens is 443 g/mol. The summed E-state index contributed by atoms with van der Waals surface area (Å²) in [5, 5.41) is 19.9. The SMILES string of the molecule is Cc1nnc(S[C@H](C[N+](=O)[O-])c2ccc(OCc3ccccc3F)cc2)n1-c1ccccc1. The Morgan fingerprint density at radius 3 is 2.42 bits per heavy atom. The quantitative estimate of drug-likeness (QED) is 0.187. The summed E-state index contributed by atoms with van der Waals surface area (Å²) in [6.07, 6.45) is 0. The summed E-state index contributed by atoms with van der Waals surface area (Å²) in [6.45, 7) is 1.66. The van der Waals surface area contributed by atoms with Crippen LogP contribution in [0.2, 0.25) is 0 Å². The van der Waals surface area contributed by atoms with Gasteiger partial charge >= 0.3 is 0 Å². The summed E-state index contributed by atoms with van der Waals surface area (Å²) in [7, 11) is 0. The van der Waals surface area contributed by atoms with E-state index in [1.165, 1.54) is 17.8 Å². The van der Waals surface area contributed by atoms with Gasteiger partial charge in [-0.3, -0.25) is 14.7 Å². The molecule has 0 saturated heterocycles. The van der Waals surface area contributed by atoms with Gasteiger partial charge in [0, 0.05) is 16.2 Å². The minimum atomic E-state index is -0.480. The highest BCUT2D eigenvalue weighted by Gasteiger charge is 2.23. The maximum Gasteiger partial charge on any atom is 0.220 e. The van der Waals surface area contributed by atoms with E-state index < -0.39 is 5.25 Å². The van der Waals surface area contributed by atoms with Crippen molar-refractivity contribution in [2.24, 2.45) is 0 Å². The van der Waals surface area contributed by atoms with E-state index in [4.69, 9.17) is 4.74 Å². The summed E-state index contributed by atoms with van der Waals surface area (Å²) < 4.78 is 21.3. The Kier molecular flexibility index (Phi) is 6.99. The van der Waals surface area contributed by atoms with Gasteiger partial charge in [-0.1, -0.05) is 60.3 Å². The third kappa shape index (κ3) is 5.56. The number of benzene rings is 3. The summed E-state index contributed by atoms with van der Waals surface area (Å²) in [6, 6.07) is 23.1. The van der Waals surface area contributed by atoms with Crippen molar-refractivity contribution in [2.75, 3.05) is 6.54 Å². The van der Waals surface area contributed by atoms with Crippen LogP contribution in [0.1, 0.15) is 22.2 Å². The molecule has 1 atom stereocenters. The number of rotatable bonds is 9. The van der Waals surface area contributed by atoms with Crippen molar-refractivity contribution < 1.29 is 14.1 Å². The zero-order chi connectivity index (χ0) is 23.2. The number of hydrogen-bond acceptors (Lipinski definition) is 6. The molecule has 0 radical (unpaired) electrons. The number of hydrogen-bond donors (Lipinski definition) is 0. The first kappa shape index (κ1) is 22.5. The van der Waals surface area contributed by atoms with Gasteiger partial charge < -0.3 is 4.74 Å². The predicted molar refractivity (Wildman–Crippen MR) is 124 cm³/mol. The second-order valence-electron chi connectivity index (χ2n) is 7.27. The molecule has 0 saturated carbocycles. The Morgan fingerprint density at radius 2 is 1.73 bits per heavy atom. The molecule has 4 rings (SSSR count). The van der Waals surface area contributed by atoms with Crippen LogP contribution in [0.5, 0.6) is 5.75 Å². The minimum absolute atomic E-state index is 0.0958. The second-order valence-corrected chi connectivity index (χ2v) is 8.44. The van der Waals surface area contributed by atoms with Crippen molar-refractivity contribution >= 4 is 11.8 Å². The van der Waals surface area contributed by atoms with Crippen molar-refractivity contribution in [3.05, 3.63) is 112 Å². The maximum atomic E-state index is 13.8. The molecule has 0 amide bonds. The first-order chi connectivity index (χ1) is 16.0. The Hall–Kier alpha value is -3.72. The lowest BCUT2D eigenvalue weighted by Crippen LogP contribution is -2.11. The fourth-order valence-corrected chi connectivity index (χ4v) is 4.50. The highest BCUT2D eigenvalue weighted by atomic mass is 32.2. The molecule has 0 N–H and O–H groups in total. The molecule has 0 spiro atoms. The molecule has 7 nitrogen and oxygen atoms in total. The van der Waals surface area contributed by atoms with E-state index in [9.17, 15) is 14.5 Å². The van der Waals surface area contributed by atoms with Gasteiger partial charge in [0.1, 0.15) is 29.2 Å². The van der Waals surface area contributed by atoms with Crippen molar-refractivity contribution in [1.82, 2.24) is 14.8 Å². The number of thioether (sulfide) groups is 1. The lowest BCUT2D eigenvalue weighted by Gasteiger charge is -2.15. The Labute approximate surface area is 194 Å². The van der Waals surface area contributed by atoms with Crippen molar-refractivity contribution in [3.8, 4) is 11.4 Å². The van der Waals surface area contributed by atoms with Crippen LogP contribution in [-0.2, 0) is 6.61 Å². The third-order valence-electron chi connectivity index (χ3n) is 4.98. The molecule has 33 heavy (non-hydrogen) atoms. The van der Waals surface area contributed by atoms with Gasteiger partial charge in [0.15, 0.2) is 5.16 Å². The van der Waals surface area contributed by atoms with Gasteiger partial charge in [0.05, 0.1) is 0 Å². The van der Waals surface area contributed by atoms with E-state index in [2.05, 4.69) is 10.2 Å². The Bertz CT molecular complexity index is 1230. The largest absolute Gasteiger partial charge is 0.489 e. The lowest BCUT2D eigenvalue weighted by atomic mass is 10.1. The number of halogens is 1. The summed E-state index contributed by atoms with van der Waals surface area (Å²) in [5.74, 6) is 0.921. The maximum absolute atomic E-state index is 13.8. The van der Waals surface area contributed by atoms with E-state index in [1.807, 2.05) is 41.8 Å². The molecule has 9 heteroatoms. The van der Waals surface area contributed by atoms with E-state index in [0.717, 1.165) is 11.3 Å². The van der Waals surface area contributed by atoms with Crippen LogP contribution in [0.3, 0.4) is 0 Å². The van der Waals surface area contributed by atoms with Gasteiger partial charge in [0.2, 0.25) is 6.54 Å². The smallest absolute Gasteiger partial charge is 0.220 e. The number of aryl methyl sites for hydroxylation is 1. The molecule has 0 unspecified atom stereocenters. The van der Waals surface area contributed by atoms with Crippen LogP contribution >= 0.6 is 11.8 Å². The van der Waals surface area contributed by atoms with Crippen LogP contribution < -0.4 is 4.74 Å². The first-order valence-corrected chi connectivity index (χ1v) is 11.1. The number of ether oxygens (including phenoxy) is 1. The first-order valence-electron chi connectivity index (χ1n) is 10.2. The minimum Gasteiger partial charge on any atom is -0.489 e. The van der Waals surface area contributed by atoms with Crippen molar-refractivity contribution in [3.63, 3.8) is 0 Å². The van der Waals surface area contributed by atoms with Crippen LogP contribution in [0.4, 0.5) is 4.39 Å². The summed E-state index contributed by atoms with van der Waals surface area (Å²) in [4.78, 5) is 11.0. The fraction of sp³-hybridized carbons (Fsp3) is 0.167. The molecule has 4 aromatic rings. The predicted octanol–water partition coefficient (Wildman–Crippen LogP) is 5.40. The fourth-order valence-electron chi connectivity index (χ4n) is 3.32. The van der Waals surface area contributed by atoms with Gasteiger partial charge in [-0.25, -0.2) is 4.39 Å². The molecule has 168 valence electrons. The molecule has 0 aliphatic rings. The van der Waals surface area contributed by atoms with Gasteiger partial charge in [0.25, 0.3) is 0 Å². The molecule has 0 aliphatic carbocycles. The number of para-hydroxylation sites is 1. The lowest BCUT2D eigenvalue weighted by molar-refractivity contribution is -0.479. The monoisotopic (exact) mass is 464 g/mol. The highest BCUT2D eigenvalue weighted by Crippen LogP contribution is 2.36. The Balaban J connectivity index is 1.53. The topological polar surface area (TPSA) is 83.1 Å². The van der Waals surface area contributed by atoms with Crippen LogP contribution in [0.15, 0.2) is 84.0 Å². The van der Waals surface area contributed by atoms with Crippen LogP contribution in [0.25, 0.3) is 5.69 Å². The van der Waals surface area contributed by atoms with Crippen molar-refractivity contribution in [2.45, 2.75) is 23.9 Å². The number of nitrogens with zero attached hydrogens (tertiary/aromatic N) is 4. The second kappa shape index (κ2) is 10.3. The standard InChI is InChI=1S/C24H21FN4O3S/c1-17-26-27-24(29(17)20-8-3-2-4-9-20)33-23(15-28(30)31)18-11-13-21(14-12-18)32-16-19-7-5-6-10-22(19)25/h2-14,23H,15-16H2,1H3/t23-/m1/s1. The number of aromatic nitrogens is 3. The van der Waals surface area contributed by atoms with Crippen LogP contribution in [0, 0.1) is 22.9 Å². The zero-order valence-electron chi connectivity index (χ0n) is 17.8. The molecule has 0 bridgehead atoms. The highest BCUT2D eigenvalue weighted by molar-refractivity contribution is 7.99. The van der Waals surface area contributed by atoms with E-state index in [0.29, 0.717) is 22.3 Å². The third-order valence-corrected chi connectivity index (χ3v) is 6.16. The van der Waals surface area contributed by atoms with Crippen molar-refractivity contribution in [1.29, 1.82) is 0 Å². The molecule has 0 aliphatic heterocycles. The summed E-state index contributed by atoms with van der Waals surface area (Å²) >= 11 is 1.29. The molecule has 3 aromatic carbocycles. The molecule has 1 heterocycles. The molecule has 0 fully saturated rings. The Morgan fingerprint density at radius 1 is 1.03 bits per heavy atom. The molecular formula is C24H21FN4O3S. The van der Waals surface area contributed by atoms with E-state index >= 15 is 0 Å². The van der Waals surface area contributed by atoms with Crippen LogP contribution in [-0.4, -0.2) is 26.2 Å². The average Bonchev–Trinajstić information content (AvgIpc) is 3.18. The van der Waals surface area contributed by atoms with Gasteiger partial charge in [-0.2, -0.15) is 0 Å². The molecule has 1 aromatic heterocycles. The summed E-state index contributed by atoms with van der Waals surface area (Å²) in [5.41, 5.74) is 2.11. The van der Waals surface area contributed by atoms with E-state index in [-0.39, 0.29) is 23.9 Å². The average molecular weight is 465 g/mol.